The van der Waals surface area contributed by atoms with Crippen LogP contribution in [0.5, 0.6) is 0 Å². The van der Waals surface area contributed by atoms with Gasteiger partial charge >= 0.3 is 0 Å². The van der Waals surface area contributed by atoms with Crippen LogP contribution in [0.2, 0.25) is 0 Å². The van der Waals surface area contributed by atoms with E-state index in [0.29, 0.717) is 5.92 Å². The van der Waals surface area contributed by atoms with E-state index < -0.39 is 0 Å². The molecule has 0 amide bonds. The maximum absolute atomic E-state index is 4.59. The molecule has 0 N–H and O–H groups in total. The van der Waals surface area contributed by atoms with E-state index >= 15 is 0 Å². The van der Waals surface area contributed by atoms with Crippen molar-refractivity contribution in [3.05, 3.63) is 11.8 Å². The Morgan fingerprint density at radius 2 is 1.83 bits per heavy atom. The van der Waals surface area contributed by atoms with E-state index in [1.807, 2.05) is 0 Å². The molecular formula is C15H29N3. The standard InChI is InChI=1S/C15H29N3/c1-6-15(11-16-14(4)13(2)3)12-18-9-7-17(5)8-10-18/h11,13H,6-10,12H2,1-5H3/b15-11+,16-14?. The smallest absolute Gasteiger partial charge is 0.0271 e. The molecule has 3 nitrogen and oxygen atoms in total. The number of rotatable bonds is 5. The summed E-state index contributed by atoms with van der Waals surface area (Å²) < 4.78 is 0. The van der Waals surface area contributed by atoms with Gasteiger partial charge in [-0.3, -0.25) is 9.89 Å². The molecule has 1 aliphatic rings. The van der Waals surface area contributed by atoms with Crippen molar-refractivity contribution in [2.45, 2.75) is 34.1 Å². The summed E-state index contributed by atoms with van der Waals surface area (Å²) in [4.78, 5) is 9.53. The van der Waals surface area contributed by atoms with Gasteiger partial charge in [0.1, 0.15) is 0 Å². The lowest BCUT2D eigenvalue weighted by atomic mass is 10.1. The normalized spacial score (nSPS) is 20.8. The molecule has 1 heterocycles. The summed E-state index contributed by atoms with van der Waals surface area (Å²) in [5, 5.41) is 0. The molecule has 0 atom stereocenters. The van der Waals surface area contributed by atoms with Crippen LogP contribution in [-0.4, -0.2) is 55.3 Å². The zero-order valence-corrected chi connectivity index (χ0v) is 12.7. The minimum absolute atomic E-state index is 0.544. The van der Waals surface area contributed by atoms with Gasteiger partial charge in [-0.1, -0.05) is 20.8 Å². The second-order valence-corrected chi connectivity index (χ2v) is 5.65. The first kappa shape index (κ1) is 15.4. The Kier molecular flexibility index (Phi) is 6.58. The topological polar surface area (TPSA) is 18.8 Å². The third-order valence-electron chi connectivity index (χ3n) is 3.76. The van der Waals surface area contributed by atoms with Crippen molar-refractivity contribution < 1.29 is 0 Å². The molecule has 0 aromatic carbocycles. The zero-order chi connectivity index (χ0) is 13.5. The SMILES string of the molecule is CC/C(=C\N=C(C)C(C)C)CN1CCN(C)CC1. The van der Waals surface area contributed by atoms with Crippen molar-refractivity contribution in [3.8, 4) is 0 Å². The predicted octanol–water partition coefficient (Wildman–Crippen LogP) is 2.64. The van der Waals surface area contributed by atoms with Gasteiger partial charge in [0.25, 0.3) is 0 Å². The Morgan fingerprint density at radius 3 is 2.33 bits per heavy atom. The van der Waals surface area contributed by atoms with Crippen molar-refractivity contribution in [3.63, 3.8) is 0 Å². The van der Waals surface area contributed by atoms with Gasteiger partial charge in [-0.2, -0.15) is 0 Å². The van der Waals surface area contributed by atoms with Gasteiger partial charge in [-0.25, -0.2) is 0 Å². The summed E-state index contributed by atoms with van der Waals surface area (Å²) in [6, 6.07) is 0. The second-order valence-electron chi connectivity index (χ2n) is 5.65. The average molecular weight is 251 g/mol. The van der Waals surface area contributed by atoms with E-state index in [9.17, 15) is 0 Å². The molecule has 1 saturated heterocycles. The maximum Gasteiger partial charge on any atom is 0.0271 e. The lowest BCUT2D eigenvalue weighted by Crippen LogP contribution is -2.45. The third kappa shape index (κ3) is 5.32. The highest BCUT2D eigenvalue weighted by atomic mass is 15.2. The second kappa shape index (κ2) is 7.70. The van der Waals surface area contributed by atoms with Crippen molar-refractivity contribution >= 4 is 5.71 Å². The van der Waals surface area contributed by atoms with Crippen LogP contribution in [0.25, 0.3) is 0 Å². The van der Waals surface area contributed by atoms with Crippen molar-refractivity contribution in [1.82, 2.24) is 9.80 Å². The van der Waals surface area contributed by atoms with Gasteiger partial charge in [0.05, 0.1) is 0 Å². The summed E-state index contributed by atoms with van der Waals surface area (Å²) in [7, 11) is 2.20. The first-order valence-corrected chi connectivity index (χ1v) is 7.16. The average Bonchev–Trinajstić information content (AvgIpc) is 2.36. The van der Waals surface area contributed by atoms with Crippen LogP contribution >= 0.6 is 0 Å². The van der Waals surface area contributed by atoms with Crippen LogP contribution in [0, 0.1) is 5.92 Å². The largest absolute Gasteiger partial charge is 0.304 e. The summed E-state index contributed by atoms with van der Waals surface area (Å²) >= 11 is 0. The zero-order valence-electron chi connectivity index (χ0n) is 12.7. The highest BCUT2D eigenvalue weighted by Crippen LogP contribution is 2.08. The maximum atomic E-state index is 4.59. The van der Waals surface area contributed by atoms with Gasteiger partial charge in [0.15, 0.2) is 0 Å². The number of aliphatic imine (C=N–C) groups is 1. The number of hydrogen-bond donors (Lipinski definition) is 0. The Hall–Kier alpha value is -0.670. The van der Waals surface area contributed by atoms with E-state index in [0.717, 1.165) is 13.0 Å². The van der Waals surface area contributed by atoms with Crippen LogP contribution in [-0.2, 0) is 0 Å². The molecule has 104 valence electrons. The van der Waals surface area contributed by atoms with Crippen molar-refractivity contribution in [2.75, 3.05) is 39.8 Å². The molecule has 1 fully saturated rings. The van der Waals surface area contributed by atoms with E-state index in [-0.39, 0.29) is 0 Å². The number of piperazine rings is 1. The van der Waals surface area contributed by atoms with Crippen LogP contribution in [0.15, 0.2) is 16.8 Å². The fourth-order valence-corrected chi connectivity index (χ4v) is 1.88. The highest BCUT2D eigenvalue weighted by molar-refractivity contribution is 5.84. The fourth-order valence-electron chi connectivity index (χ4n) is 1.88. The van der Waals surface area contributed by atoms with Crippen molar-refractivity contribution in [2.24, 2.45) is 10.9 Å². The monoisotopic (exact) mass is 251 g/mol. The highest BCUT2D eigenvalue weighted by Gasteiger charge is 2.14. The van der Waals surface area contributed by atoms with Gasteiger partial charge < -0.3 is 4.90 Å². The summed E-state index contributed by atoms with van der Waals surface area (Å²) in [6.07, 6.45) is 3.19. The van der Waals surface area contributed by atoms with Gasteiger partial charge in [0, 0.05) is 44.6 Å². The van der Waals surface area contributed by atoms with E-state index in [1.165, 1.54) is 37.5 Å². The first-order chi connectivity index (χ1) is 8.52. The van der Waals surface area contributed by atoms with Crippen LogP contribution in [0.4, 0.5) is 0 Å². The van der Waals surface area contributed by atoms with Gasteiger partial charge in [-0.05, 0) is 31.9 Å². The van der Waals surface area contributed by atoms with Crippen LogP contribution < -0.4 is 0 Å². The lowest BCUT2D eigenvalue weighted by Gasteiger charge is -2.32. The molecule has 0 spiro atoms. The molecule has 0 unspecified atom stereocenters. The minimum atomic E-state index is 0.544. The Labute approximate surface area is 113 Å². The van der Waals surface area contributed by atoms with Crippen LogP contribution in [0.3, 0.4) is 0 Å². The lowest BCUT2D eigenvalue weighted by molar-refractivity contribution is 0.163. The molecule has 0 aliphatic carbocycles. The van der Waals surface area contributed by atoms with E-state index in [1.54, 1.807) is 0 Å². The molecular weight excluding hydrogens is 222 g/mol. The van der Waals surface area contributed by atoms with Gasteiger partial charge in [0.2, 0.25) is 0 Å². The number of nitrogens with zero attached hydrogens (tertiary/aromatic N) is 3. The molecule has 0 saturated carbocycles. The number of likely N-dealkylation sites (N-methyl/N-ethyl adjacent to an activating group) is 1. The molecule has 0 radical (unpaired) electrons. The van der Waals surface area contributed by atoms with Gasteiger partial charge in [-0.15, -0.1) is 0 Å². The Morgan fingerprint density at radius 1 is 1.22 bits per heavy atom. The molecule has 0 bridgehead atoms. The Balaban J connectivity index is 2.51. The molecule has 1 aliphatic heterocycles. The molecule has 0 aromatic rings. The molecule has 18 heavy (non-hydrogen) atoms. The summed E-state index contributed by atoms with van der Waals surface area (Å²) in [6.45, 7) is 14.5. The molecule has 1 rings (SSSR count). The first-order valence-electron chi connectivity index (χ1n) is 7.16. The summed E-state index contributed by atoms with van der Waals surface area (Å²) in [5.41, 5.74) is 2.67. The molecule has 0 aromatic heterocycles. The van der Waals surface area contributed by atoms with Crippen LogP contribution in [0.1, 0.15) is 34.1 Å². The summed E-state index contributed by atoms with van der Waals surface area (Å²) in [5.74, 6) is 0.544. The predicted molar refractivity (Wildman–Crippen MR) is 80.3 cm³/mol. The van der Waals surface area contributed by atoms with Crippen molar-refractivity contribution in [1.29, 1.82) is 0 Å². The fraction of sp³-hybridized carbons (Fsp3) is 0.800. The third-order valence-corrected chi connectivity index (χ3v) is 3.76. The minimum Gasteiger partial charge on any atom is -0.304 e. The van der Waals surface area contributed by atoms with E-state index in [2.05, 4.69) is 55.7 Å². The Bertz CT molecular complexity index is 297. The van der Waals surface area contributed by atoms with E-state index in [4.69, 9.17) is 0 Å². The quantitative estimate of drug-likeness (QED) is 0.700. The molecule has 3 heteroatoms. The number of hydrogen-bond acceptors (Lipinski definition) is 3.